The standard InChI is InChI=1S/C15H30N2O/c1-12(2)15-10-16-7-5-6-14(16)9-17(15)8-13(3)11-18-4/h12-15H,5-11H2,1-4H3. The second-order valence-electron chi connectivity index (χ2n) is 6.62. The lowest BCUT2D eigenvalue weighted by atomic mass is 9.96. The predicted molar refractivity (Wildman–Crippen MR) is 75.8 cm³/mol. The highest BCUT2D eigenvalue weighted by Gasteiger charge is 2.37. The Balaban J connectivity index is 1.96. The van der Waals surface area contributed by atoms with Gasteiger partial charge in [0, 0.05) is 45.4 Å². The van der Waals surface area contributed by atoms with E-state index < -0.39 is 0 Å². The molecule has 2 saturated heterocycles. The average Bonchev–Trinajstić information content (AvgIpc) is 2.74. The molecule has 0 amide bonds. The fourth-order valence-corrected chi connectivity index (χ4v) is 3.68. The van der Waals surface area contributed by atoms with E-state index in [0.717, 1.165) is 24.6 Å². The summed E-state index contributed by atoms with van der Waals surface area (Å²) in [5.74, 6) is 1.39. The molecule has 3 unspecified atom stereocenters. The maximum Gasteiger partial charge on any atom is 0.0500 e. The van der Waals surface area contributed by atoms with Gasteiger partial charge in [-0.05, 0) is 31.2 Å². The maximum absolute atomic E-state index is 5.29. The lowest BCUT2D eigenvalue weighted by Gasteiger charge is -2.46. The van der Waals surface area contributed by atoms with Gasteiger partial charge in [-0.15, -0.1) is 0 Å². The van der Waals surface area contributed by atoms with E-state index in [-0.39, 0.29) is 0 Å². The van der Waals surface area contributed by atoms with Gasteiger partial charge in [0.1, 0.15) is 0 Å². The number of nitrogens with zero attached hydrogens (tertiary/aromatic N) is 2. The molecule has 2 aliphatic rings. The van der Waals surface area contributed by atoms with Gasteiger partial charge in [-0.25, -0.2) is 0 Å². The zero-order valence-electron chi connectivity index (χ0n) is 12.6. The second-order valence-corrected chi connectivity index (χ2v) is 6.62. The van der Waals surface area contributed by atoms with Gasteiger partial charge in [0.05, 0.1) is 0 Å². The van der Waals surface area contributed by atoms with E-state index in [1.807, 2.05) is 7.11 Å². The highest BCUT2D eigenvalue weighted by atomic mass is 16.5. The highest BCUT2D eigenvalue weighted by Crippen LogP contribution is 2.28. The van der Waals surface area contributed by atoms with E-state index in [2.05, 4.69) is 30.6 Å². The third-order valence-corrected chi connectivity index (χ3v) is 4.60. The Hall–Kier alpha value is -0.120. The van der Waals surface area contributed by atoms with E-state index in [1.54, 1.807) is 0 Å². The van der Waals surface area contributed by atoms with Crippen molar-refractivity contribution in [2.24, 2.45) is 11.8 Å². The van der Waals surface area contributed by atoms with Crippen LogP contribution in [0.1, 0.15) is 33.6 Å². The number of hydrogen-bond acceptors (Lipinski definition) is 3. The van der Waals surface area contributed by atoms with E-state index >= 15 is 0 Å². The van der Waals surface area contributed by atoms with Crippen molar-refractivity contribution in [3.05, 3.63) is 0 Å². The molecule has 3 atom stereocenters. The fourth-order valence-electron chi connectivity index (χ4n) is 3.68. The van der Waals surface area contributed by atoms with Crippen LogP contribution in [-0.2, 0) is 4.74 Å². The van der Waals surface area contributed by atoms with Crippen molar-refractivity contribution < 1.29 is 4.74 Å². The molecule has 0 N–H and O–H groups in total. The molecule has 2 aliphatic heterocycles. The molecule has 0 spiro atoms. The maximum atomic E-state index is 5.29. The van der Waals surface area contributed by atoms with Gasteiger partial charge in [-0.1, -0.05) is 20.8 Å². The zero-order valence-corrected chi connectivity index (χ0v) is 12.6. The van der Waals surface area contributed by atoms with Crippen molar-refractivity contribution >= 4 is 0 Å². The molecule has 2 rings (SSSR count). The average molecular weight is 254 g/mol. The van der Waals surface area contributed by atoms with Gasteiger partial charge in [0.2, 0.25) is 0 Å². The minimum Gasteiger partial charge on any atom is -0.384 e. The molecule has 2 heterocycles. The summed E-state index contributed by atoms with van der Waals surface area (Å²) >= 11 is 0. The molecule has 0 radical (unpaired) electrons. The fraction of sp³-hybridized carbons (Fsp3) is 1.00. The monoisotopic (exact) mass is 254 g/mol. The smallest absolute Gasteiger partial charge is 0.0500 e. The molecule has 3 nitrogen and oxygen atoms in total. The van der Waals surface area contributed by atoms with Gasteiger partial charge >= 0.3 is 0 Å². The Morgan fingerprint density at radius 2 is 2.00 bits per heavy atom. The largest absolute Gasteiger partial charge is 0.384 e. The summed E-state index contributed by atoms with van der Waals surface area (Å²) in [4.78, 5) is 5.46. The molecule has 18 heavy (non-hydrogen) atoms. The van der Waals surface area contributed by atoms with Crippen molar-refractivity contribution in [1.82, 2.24) is 9.80 Å². The second kappa shape index (κ2) is 6.36. The van der Waals surface area contributed by atoms with Crippen LogP contribution < -0.4 is 0 Å². The molecule has 0 aromatic rings. The zero-order chi connectivity index (χ0) is 13.1. The van der Waals surface area contributed by atoms with Crippen molar-refractivity contribution in [3.8, 4) is 0 Å². The van der Waals surface area contributed by atoms with Crippen molar-refractivity contribution in [2.45, 2.75) is 45.7 Å². The van der Waals surface area contributed by atoms with Crippen LogP contribution in [0.5, 0.6) is 0 Å². The summed E-state index contributed by atoms with van der Waals surface area (Å²) in [7, 11) is 1.81. The number of piperazine rings is 1. The molecule has 0 aromatic heterocycles. The first kappa shape index (κ1) is 14.3. The van der Waals surface area contributed by atoms with E-state index in [0.29, 0.717) is 5.92 Å². The van der Waals surface area contributed by atoms with Gasteiger partial charge in [0.25, 0.3) is 0 Å². The molecule has 3 heteroatoms. The summed E-state index contributed by atoms with van der Waals surface area (Å²) < 4.78 is 5.29. The number of fused-ring (bicyclic) bond motifs is 1. The molecule has 106 valence electrons. The van der Waals surface area contributed by atoms with Gasteiger partial charge in [0.15, 0.2) is 0 Å². The van der Waals surface area contributed by atoms with Gasteiger partial charge in [-0.2, -0.15) is 0 Å². The van der Waals surface area contributed by atoms with Crippen LogP contribution in [0.25, 0.3) is 0 Å². The summed E-state index contributed by atoms with van der Waals surface area (Å²) in [6.07, 6.45) is 2.80. The van der Waals surface area contributed by atoms with Crippen LogP contribution in [0.15, 0.2) is 0 Å². The Morgan fingerprint density at radius 3 is 2.67 bits per heavy atom. The predicted octanol–water partition coefficient (Wildman–Crippen LogP) is 2.07. The van der Waals surface area contributed by atoms with Crippen LogP contribution >= 0.6 is 0 Å². The summed E-state index contributed by atoms with van der Waals surface area (Å²) in [6, 6.07) is 1.56. The van der Waals surface area contributed by atoms with Crippen LogP contribution in [0, 0.1) is 11.8 Å². The minimum atomic E-state index is 0.643. The van der Waals surface area contributed by atoms with Crippen LogP contribution in [0.3, 0.4) is 0 Å². The van der Waals surface area contributed by atoms with E-state index in [4.69, 9.17) is 4.74 Å². The molecule has 0 aliphatic carbocycles. The molecular formula is C15H30N2O. The first-order valence-electron chi connectivity index (χ1n) is 7.58. The summed E-state index contributed by atoms with van der Waals surface area (Å²) in [5, 5.41) is 0. The third kappa shape index (κ3) is 3.25. The first-order valence-corrected chi connectivity index (χ1v) is 7.58. The Labute approximate surface area is 112 Å². The van der Waals surface area contributed by atoms with E-state index in [9.17, 15) is 0 Å². The lowest BCUT2D eigenvalue weighted by molar-refractivity contribution is 0.0120. The molecule has 0 bridgehead atoms. The van der Waals surface area contributed by atoms with Crippen molar-refractivity contribution in [2.75, 3.05) is 39.9 Å². The number of rotatable bonds is 5. The summed E-state index contributed by atoms with van der Waals surface area (Å²) in [5.41, 5.74) is 0. The topological polar surface area (TPSA) is 15.7 Å². The van der Waals surface area contributed by atoms with Gasteiger partial charge < -0.3 is 4.74 Å². The number of methoxy groups -OCH3 is 1. The Kier molecular flexibility index (Phi) is 5.05. The van der Waals surface area contributed by atoms with E-state index in [1.165, 1.54) is 39.0 Å². The Morgan fingerprint density at radius 1 is 1.22 bits per heavy atom. The molecule has 0 saturated carbocycles. The van der Waals surface area contributed by atoms with Crippen molar-refractivity contribution in [3.63, 3.8) is 0 Å². The first-order chi connectivity index (χ1) is 8.61. The molecular weight excluding hydrogens is 224 g/mol. The Bertz CT molecular complexity index is 257. The summed E-state index contributed by atoms with van der Waals surface area (Å²) in [6.45, 7) is 13.0. The molecule has 2 fully saturated rings. The van der Waals surface area contributed by atoms with Crippen LogP contribution in [0.4, 0.5) is 0 Å². The van der Waals surface area contributed by atoms with Crippen LogP contribution in [-0.4, -0.2) is 61.8 Å². The number of hydrogen-bond donors (Lipinski definition) is 0. The highest BCUT2D eigenvalue weighted by molar-refractivity contribution is 4.93. The van der Waals surface area contributed by atoms with Gasteiger partial charge in [-0.3, -0.25) is 9.80 Å². The van der Waals surface area contributed by atoms with Crippen molar-refractivity contribution in [1.29, 1.82) is 0 Å². The van der Waals surface area contributed by atoms with Crippen LogP contribution in [0.2, 0.25) is 0 Å². The number of ether oxygens (including phenoxy) is 1. The normalized spacial score (nSPS) is 31.8. The molecule has 0 aromatic carbocycles. The SMILES string of the molecule is COCC(C)CN1CC2CCCN2CC1C(C)C. The quantitative estimate of drug-likeness (QED) is 0.747. The minimum absolute atomic E-state index is 0.643. The third-order valence-electron chi connectivity index (χ3n) is 4.60. The lowest BCUT2D eigenvalue weighted by Crippen LogP contribution is -2.58.